The zero-order valence-electron chi connectivity index (χ0n) is 12.3. The molecule has 1 unspecified atom stereocenters. The molecule has 2 aromatic rings. The van der Waals surface area contributed by atoms with Crippen LogP contribution in [0.15, 0.2) is 42.6 Å². The number of halogens is 1. The zero-order valence-corrected chi connectivity index (χ0v) is 13.1. The molecule has 0 bridgehead atoms. The third kappa shape index (κ3) is 3.21. The van der Waals surface area contributed by atoms with Crippen molar-refractivity contribution in [3.63, 3.8) is 0 Å². The highest BCUT2D eigenvalue weighted by molar-refractivity contribution is 5.95. The molecule has 1 aromatic heterocycles. The van der Waals surface area contributed by atoms with E-state index in [0.717, 1.165) is 30.2 Å². The Bertz CT molecular complexity index is 660. The minimum absolute atomic E-state index is 0. The number of nitrogens with zero attached hydrogens (tertiary/aromatic N) is 2. The maximum Gasteiger partial charge on any atom is 0.241 e. The smallest absolute Gasteiger partial charge is 0.241 e. The van der Waals surface area contributed by atoms with E-state index in [1.807, 2.05) is 30.3 Å². The van der Waals surface area contributed by atoms with Crippen molar-refractivity contribution in [2.75, 3.05) is 10.2 Å². The molecule has 1 amide bonds. The molecule has 5 nitrogen and oxygen atoms in total. The predicted molar refractivity (Wildman–Crippen MR) is 90.1 cm³/mol. The summed E-state index contributed by atoms with van der Waals surface area (Å²) in [7, 11) is 0. The van der Waals surface area contributed by atoms with E-state index in [2.05, 4.69) is 21.3 Å². The number of benzene rings is 1. The molecular formula is C16H19ClN4O. The number of fused-ring (bicyclic) bond motifs is 1. The van der Waals surface area contributed by atoms with E-state index < -0.39 is 6.04 Å². The van der Waals surface area contributed by atoms with Crippen LogP contribution in [0.3, 0.4) is 0 Å². The van der Waals surface area contributed by atoms with Crippen LogP contribution < -0.4 is 16.0 Å². The summed E-state index contributed by atoms with van der Waals surface area (Å²) >= 11 is 0. The van der Waals surface area contributed by atoms with E-state index in [0.29, 0.717) is 0 Å². The second-order valence-electron chi connectivity index (χ2n) is 5.27. The van der Waals surface area contributed by atoms with Crippen molar-refractivity contribution in [3.05, 3.63) is 53.7 Å². The van der Waals surface area contributed by atoms with Crippen LogP contribution in [0.2, 0.25) is 0 Å². The van der Waals surface area contributed by atoms with Gasteiger partial charge < -0.3 is 16.0 Å². The summed E-state index contributed by atoms with van der Waals surface area (Å²) in [6.07, 6.45) is 1.79. The number of anilines is 2. The van der Waals surface area contributed by atoms with E-state index in [1.54, 1.807) is 13.1 Å². The van der Waals surface area contributed by atoms with E-state index in [1.165, 1.54) is 5.56 Å². The average molecular weight is 319 g/mol. The van der Waals surface area contributed by atoms with Gasteiger partial charge in [0.2, 0.25) is 5.91 Å². The van der Waals surface area contributed by atoms with Crippen molar-refractivity contribution in [1.82, 2.24) is 4.98 Å². The van der Waals surface area contributed by atoms with Gasteiger partial charge in [0.15, 0.2) is 0 Å². The molecule has 0 saturated carbocycles. The second-order valence-corrected chi connectivity index (χ2v) is 5.27. The maximum absolute atomic E-state index is 11.8. The van der Waals surface area contributed by atoms with E-state index in [4.69, 9.17) is 5.73 Å². The molecule has 3 N–H and O–H groups in total. The summed E-state index contributed by atoms with van der Waals surface area (Å²) in [6.45, 7) is 3.22. The molecule has 1 aliphatic rings. The molecule has 1 aliphatic heterocycles. The lowest BCUT2D eigenvalue weighted by molar-refractivity contribution is -0.117. The van der Waals surface area contributed by atoms with Crippen molar-refractivity contribution < 1.29 is 4.79 Å². The van der Waals surface area contributed by atoms with Gasteiger partial charge in [-0.25, -0.2) is 4.98 Å². The Balaban J connectivity index is 0.00000176. The number of nitrogens with one attached hydrogen (secondary N) is 1. The molecule has 116 valence electrons. The second kappa shape index (κ2) is 6.77. The van der Waals surface area contributed by atoms with Crippen molar-refractivity contribution in [1.29, 1.82) is 0 Å². The van der Waals surface area contributed by atoms with Crippen LogP contribution in [0.1, 0.15) is 18.1 Å². The minimum Gasteiger partial charge on any atom is -0.348 e. The summed E-state index contributed by atoms with van der Waals surface area (Å²) in [4.78, 5) is 18.4. The number of hydrogen-bond donors (Lipinski definition) is 2. The maximum atomic E-state index is 11.8. The number of rotatable bonds is 3. The Hall–Kier alpha value is -2.11. The zero-order chi connectivity index (χ0) is 14.8. The largest absolute Gasteiger partial charge is 0.348 e. The van der Waals surface area contributed by atoms with Gasteiger partial charge in [-0.1, -0.05) is 18.2 Å². The van der Waals surface area contributed by atoms with Gasteiger partial charge in [-0.15, -0.1) is 12.4 Å². The summed E-state index contributed by atoms with van der Waals surface area (Å²) in [6, 6.07) is 11.3. The van der Waals surface area contributed by atoms with E-state index in [9.17, 15) is 4.79 Å². The molecule has 0 spiro atoms. The van der Waals surface area contributed by atoms with Crippen LogP contribution in [-0.2, 0) is 17.9 Å². The molecule has 2 heterocycles. The normalized spacial score (nSPS) is 14.0. The van der Waals surface area contributed by atoms with Crippen molar-refractivity contribution in [2.45, 2.75) is 26.1 Å². The lowest BCUT2D eigenvalue weighted by Gasteiger charge is -2.16. The molecule has 0 fully saturated rings. The van der Waals surface area contributed by atoms with E-state index >= 15 is 0 Å². The average Bonchev–Trinajstić information content (AvgIpc) is 2.93. The molecule has 0 radical (unpaired) electrons. The first-order valence-corrected chi connectivity index (χ1v) is 6.98. The summed E-state index contributed by atoms with van der Waals surface area (Å²) in [5.74, 6) is 0.776. The third-order valence-corrected chi connectivity index (χ3v) is 3.63. The number of carbonyl (C=O) groups is 1. The monoisotopic (exact) mass is 318 g/mol. The molecule has 6 heteroatoms. The highest BCUT2D eigenvalue weighted by Gasteiger charge is 2.23. The van der Waals surface area contributed by atoms with Crippen molar-refractivity contribution in [2.24, 2.45) is 5.73 Å². The van der Waals surface area contributed by atoms with Crippen molar-refractivity contribution in [3.8, 4) is 0 Å². The Labute approximate surface area is 135 Å². The third-order valence-electron chi connectivity index (χ3n) is 3.63. The summed E-state index contributed by atoms with van der Waals surface area (Å²) < 4.78 is 0. The number of hydrogen-bond acceptors (Lipinski definition) is 4. The van der Waals surface area contributed by atoms with Crippen LogP contribution in [0.5, 0.6) is 0 Å². The van der Waals surface area contributed by atoms with Crippen LogP contribution in [0.4, 0.5) is 11.5 Å². The number of aromatic nitrogens is 1. The van der Waals surface area contributed by atoms with Crippen LogP contribution in [0, 0.1) is 0 Å². The van der Waals surface area contributed by atoms with E-state index in [-0.39, 0.29) is 18.3 Å². The molecule has 1 aromatic carbocycles. The molecular weight excluding hydrogens is 300 g/mol. The highest BCUT2D eigenvalue weighted by atomic mass is 35.5. The Morgan fingerprint density at radius 2 is 2.09 bits per heavy atom. The first-order chi connectivity index (χ1) is 10.1. The fourth-order valence-corrected chi connectivity index (χ4v) is 2.49. The van der Waals surface area contributed by atoms with Gasteiger partial charge in [0.05, 0.1) is 6.04 Å². The quantitative estimate of drug-likeness (QED) is 0.911. The minimum atomic E-state index is -0.519. The molecule has 3 rings (SSSR count). The molecule has 0 saturated heterocycles. The highest BCUT2D eigenvalue weighted by Crippen LogP contribution is 2.31. The van der Waals surface area contributed by atoms with Gasteiger partial charge in [-0.3, -0.25) is 4.79 Å². The fraction of sp³-hybridized carbons (Fsp3) is 0.250. The fourth-order valence-electron chi connectivity index (χ4n) is 2.49. The van der Waals surface area contributed by atoms with Gasteiger partial charge in [-0.2, -0.15) is 0 Å². The topological polar surface area (TPSA) is 71.2 Å². The van der Waals surface area contributed by atoms with Gasteiger partial charge in [0.25, 0.3) is 0 Å². The number of carbonyl (C=O) groups excluding carboxylic acids is 1. The van der Waals surface area contributed by atoms with Crippen LogP contribution in [0.25, 0.3) is 0 Å². The summed E-state index contributed by atoms with van der Waals surface area (Å²) in [5.41, 5.74) is 8.80. The SMILES string of the molecule is CC(N)C(=O)Nc1cccc2c1CN(c1ccccn1)C2.Cl. The number of nitrogens with two attached hydrogens (primary N) is 1. The Kier molecular flexibility index (Phi) is 5.00. The molecule has 22 heavy (non-hydrogen) atoms. The Morgan fingerprint density at radius 3 is 2.77 bits per heavy atom. The van der Waals surface area contributed by atoms with Crippen LogP contribution in [-0.4, -0.2) is 16.9 Å². The molecule has 1 atom stereocenters. The van der Waals surface area contributed by atoms with Gasteiger partial charge in [0.1, 0.15) is 5.82 Å². The van der Waals surface area contributed by atoms with Gasteiger partial charge in [0, 0.05) is 25.0 Å². The number of amides is 1. The lowest BCUT2D eigenvalue weighted by atomic mass is 10.1. The van der Waals surface area contributed by atoms with Crippen LogP contribution >= 0.6 is 12.4 Å². The number of pyridine rings is 1. The van der Waals surface area contributed by atoms with Gasteiger partial charge >= 0.3 is 0 Å². The molecule has 0 aliphatic carbocycles. The predicted octanol–water partition coefficient (Wildman–Crippen LogP) is 2.31. The Morgan fingerprint density at radius 1 is 1.27 bits per heavy atom. The summed E-state index contributed by atoms with van der Waals surface area (Å²) in [5, 5.41) is 2.90. The standard InChI is InChI=1S/C16H18N4O.ClH/c1-11(17)16(21)19-14-6-4-5-12-9-20(10-13(12)14)15-7-2-3-8-18-15;/h2-8,11H,9-10,17H2,1H3,(H,19,21);1H. The first kappa shape index (κ1) is 16.3. The lowest BCUT2D eigenvalue weighted by Crippen LogP contribution is -2.32. The first-order valence-electron chi connectivity index (χ1n) is 6.98. The van der Waals surface area contributed by atoms with Crippen molar-refractivity contribution >= 4 is 29.8 Å². The van der Waals surface area contributed by atoms with Gasteiger partial charge in [-0.05, 0) is 36.2 Å².